The minimum Gasteiger partial charge on any atom is -0.435 e. The van der Waals surface area contributed by atoms with Crippen LogP contribution in [-0.4, -0.2) is 25.0 Å². The number of ether oxygens (including phenoxy) is 1. The van der Waals surface area contributed by atoms with Crippen molar-refractivity contribution < 1.29 is 36.3 Å². The summed E-state index contributed by atoms with van der Waals surface area (Å²) in [7, 11) is 0. The van der Waals surface area contributed by atoms with Gasteiger partial charge in [-0.25, -0.2) is 0 Å². The molecule has 2 aromatic carbocycles. The smallest absolute Gasteiger partial charge is 0.416 e. The van der Waals surface area contributed by atoms with E-state index in [0.717, 1.165) is 24.3 Å². The molecule has 0 aliphatic heterocycles. The van der Waals surface area contributed by atoms with Crippen molar-refractivity contribution in [1.29, 1.82) is 0 Å². The second-order valence-corrected chi connectivity index (χ2v) is 5.56. The van der Waals surface area contributed by atoms with E-state index in [-0.39, 0.29) is 24.4 Å². The summed E-state index contributed by atoms with van der Waals surface area (Å²) < 4.78 is 65.8. The van der Waals surface area contributed by atoms with Crippen LogP contribution in [0, 0.1) is 0 Å². The number of hydrogen-bond donors (Lipinski definition) is 2. The van der Waals surface area contributed by atoms with Gasteiger partial charge < -0.3 is 15.4 Å². The average molecular weight is 402 g/mol. The van der Waals surface area contributed by atoms with Crippen LogP contribution in [0.5, 0.6) is 5.75 Å². The second-order valence-electron chi connectivity index (χ2n) is 5.56. The maximum atomic E-state index is 12.5. The third-order valence-corrected chi connectivity index (χ3v) is 3.52. The first kappa shape index (κ1) is 21.1. The molecule has 0 saturated heterocycles. The van der Waals surface area contributed by atoms with Crippen LogP contribution in [-0.2, 0) is 17.5 Å². The molecule has 5 nitrogen and oxygen atoms in total. The molecule has 0 spiro atoms. The summed E-state index contributed by atoms with van der Waals surface area (Å²) in [6, 6.07) is 9.18. The Kier molecular flexibility index (Phi) is 6.91. The van der Waals surface area contributed by atoms with Gasteiger partial charge in [-0.15, -0.1) is 0 Å². The Bertz CT molecular complexity index is 805. The number of rotatable bonds is 7. The zero-order valence-electron chi connectivity index (χ0n) is 14.2. The molecule has 0 unspecified atom stereocenters. The minimum atomic E-state index is -4.50. The van der Waals surface area contributed by atoms with Crippen LogP contribution in [0.3, 0.4) is 0 Å². The zero-order valence-corrected chi connectivity index (χ0v) is 14.2. The molecule has 0 radical (unpaired) electrons. The highest BCUT2D eigenvalue weighted by atomic mass is 19.4. The van der Waals surface area contributed by atoms with E-state index in [0.29, 0.717) is 5.56 Å². The van der Waals surface area contributed by atoms with Gasteiger partial charge in [-0.2, -0.15) is 22.0 Å². The predicted octanol–water partition coefficient (Wildman–Crippen LogP) is 3.35. The zero-order chi connectivity index (χ0) is 20.7. The van der Waals surface area contributed by atoms with Gasteiger partial charge in [0.1, 0.15) is 5.75 Å². The summed E-state index contributed by atoms with van der Waals surface area (Å²) in [6.07, 6.45) is -4.50. The molecule has 0 aliphatic carbocycles. The maximum Gasteiger partial charge on any atom is 0.416 e. The highest BCUT2D eigenvalue weighted by Crippen LogP contribution is 2.29. The largest absolute Gasteiger partial charge is 0.435 e. The Hall–Kier alpha value is -3.17. The lowest BCUT2D eigenvalue weighted by atomic mass is 10.1. The summed E-state index contributed by atoms with van der Waals surface area (Å²) in [5, 5.41) is 4.79. The normalized spacial score (nSPS) is 11.2. The van der Waals surface area contributed by atoms with Crippen LogP contribution in [0.4, 0.5) is 22.0 Å². The third kappa shape index (κ3) is 6.53. The van der Waals surface area contributed by atoms with Gasteiger partial charge >= 0.3 is 12.8 Å². The summed E-state index contributed by atoms with van der Waals surface area (Å²) >= 11 is 0. The average Bonchev–Trinajstić information content (AvgIpc) is 2.64. The van der Waals surface area contributed by atoms with E-state index in [4.69, 9.17) is 0 Å². The van der Waals surface area contributed by atoms with Crippen molar-refractivity contribution in [3.05, 3.63) is 65.2 Å². The van der Waals surface area contributed by atoms with Crippen LogP contribution in [0.15, 0.2) is 48.5 Å². The first-order valence-corrected chi connectivity index (χ1v) is 7.91. The molecule has 0 fully saturated rings. The molecule has 2 N–H and O–H groups in total. The first-order chi connectivity index (χ1) is 13.1. The highest BCUT2D eigenvalue weighted by molar-refractivity contribution is 5.96. The number of hydrogen-bond acceptors (Lipinski definition) is 3. The van der Waals surface area contributed by atoms with Crippen molar-refractivity contribution >= 4 is 11.8 Å². The quantitative estimate of drug-likeness (QED) is 0.698. The first-order valence-electron chi connectivity index (χ1n) is 7.91. The van der Waals surface area contributed by atoms with Crippen LogP contribution in [0.2, 0.25) is 0 Å². The highest BCUT2D eigenvalue weighted by Gasteiger charge is 2.30. The molecule has 2 aromatic rings. The van der Waals surface area contributed by atoms with Crippen LogP contribution in [0.25, 0.3) is 0 Å². The summed E-state index contributed by atoms with van der Waals surface area (Å²) in [4.78, 5) is 23.6. The van der Waals surface area contributed by atoms with Gasteiger partial charge in [0.15, 0.2) is 0 Å². The van der Waals surface area contributed by atoms with E-state index in [9.17, 15) is 31.5 Å². The molecule has 2 rings (SSSR count). The molecule has 0 atom stereocenters. The molecular weight excluding hydrogens is 387 g/mol. The van der Waals surface area contributed by atoms with E-state index in [2.05, 4.69) is 15.4 Å². The number of benzene rings is 2. The molecule has 28 heavy (non-hydrogen) atoms. The van der Waals surface area contributed by atoms with Gasteiger partial charge in [-0.05, 0) is 42.0 Å². The molecule has 0 saturated carbocycles. The Labute approximate surface area is 156 Å². The van der Waals surface area contributed by atoms with E-state index in [1.165, 1.54) is 24.3 Å². The van der Waals surface area contributed by atoms with E-state index in [1.807, 2.05) is 0 Å². The number of alkyl halides is 5. The van der Waals surface area contributed by atoms with Gasteiger partial charge in [0.2, 0.25) is 5.91 Å². The van der Waals surface area contributed by atoms with Gasteiger partial charge in [-0.3, -0.25) is 9.59 Å². The third-order valence-electron chi connectivity index (χ3n) is 3.52. The van der Waals surface area contributed by atoms with Crippen LogP contribution < -0.4 is 15.4 Å². The maximum absolute atomic E-state index is 12.5. The van der Waals surface area contributed by atoms with E-state index < -0.39 is 30.2 Å². The summed E-state index contributed by atoms with van der Waals surface area (Å²) in [5.41, 5.74) is -0.286. The molecule has 150 valence electrons. The van der Waals surface area contributed by atoms with Crippen LogP contribution >= 0.6 is 0 Å². The van der Waals surface area contributed by atoms with Crippen molar-refractivity contribution in [3.63, 3.8) is 0 Å². The van der Waals surface area contributed by atoms with E-state index >= 15 is 0 Å². The lowest BCUT2D eigenvalue weighted by molar-refractivity contribution is -0.137. The number of carbonyl (C=O) groups excluding carboxylic acids is 2. The van der Waals surface area contributed by atoms with Gasteiger partial charge in [-0.1, -0.05) is 12.1 Å². The lowest BCUT2D eigenvalue weighted by Crippen LogP contribution is -2.36. The second kappa shape index (κ2) is 9.16. The fourth-order valence-electron chi connectivity index (χ4n) is 2.13. The van der Waals surface area contributed by atoms with Crippen LogP contribution in [0.1, 0.15) is 21.5 Å². The molecule has 0 heterocycles. The van der Waals surface area contributed by atoms with Crippen molar-refractivity contribution in [3.8, 4) is 5.75 Å². The van der Waals surface area contributed by atoms with Crippen molar-refractivity contribution in [2.75, 3.05) is 6.54 Å². The number of amides is 2. The van der Waals surface area contributed by atoms with Crippen molar-refractivity contribution in [1.82, 2.24) is 10.6 Å². The van der Waals surface area contributed by atoms with Gasteiger partial charge in [0, 0.05) is 12.1 Å². The summed E-state index contributed by atoms with van der Waals surface area (Å²) in [5.74, 6) is -1.25. The Morgan fingerprint density at radius 1 is 0.929 bits per heavy atom. The number of halogens is 5. The number of nitrogens with one attached hydrogen (secondary N) is 2. The fourth-order valence-corrected chi connectivity index (χ4v) is 2.13. The topological polar surface area (TPSA) is 67.4 Å². The predicted molar refractivity (Wildman–Crippen MR) is 88.7 cm³/mol. The van der Waals surface area contributed by atoms with Gasteiger partial charge in [0.25, 0.3) is 5.91 Å². The Morgan fingerprint density at radius 2 is 1.54 bits per heavy atom. The molecule has 10 heteroatoms. The Morgan fingerprint density at radius 3 is 2.07 bits per heavy atom. The number of carbonyl (C=O) groups is 2. The monoisotopic (exact) mass is 402 g/mol. The van der Waals surface area contributed by atoms with Crippen molar-refractivity contribution in [2.45, 2.75) is 19.3 Å². The molecule has 2 amide bonds. The lowest BCUT2D eigenvalue weighted by Gasteiger charge is -2.09. The standard InChI is InChI=1S/C18H15F5N2O3/c19-17(20)28-14-7-1-11(2-8-14)9-24-15(26)10-25-16(27)12-3-5-13(6-4-12)18(21,22)23/h1-8,17H,9-10H2,(H,24,26)(H,25,27). The minimum absolute atomic E-state index is 0.0181. The SMILES string of the molecule is O=C(CNC(=O)c1ccc(C(F)(F)F)cc1)NCc1ccc(OC(F)F)cc1. The molecule has 0 aliphatic rings. The summed E-state index contributed by atoms with van der Waals surface area (Å²) in [6.45, 7) is -3.23. The van der Waals surface area contributed by atoms with Crippen molar-refractivity contribution in [2.24, 2.45) is 0 Å². The fraction of sp³-hybridized carbons (Fsp3) is 0.222. The molecular formula is C18H15F5N2O3. The molecule has 0 aromatic heterocycles. The Balaban J connectivity index is 1.78. The van der Waals surface area contributed by atoms with Gasteiger partial charge in [0.05, 0.1) is 12.1 Å². The molecule has 0 bridgehead atoms. The van der Waals surface area contributed by atoms with E-state index in [1.54, 1.807) is 0 Å².